The molecule has 0 amide bonds. The van der Waals surface area contributed by atoms with E-state index in [9.17, 15) is 13.2 Å². The van der Waals surface area contributed by atoms with Gasteiger partial charge in [-0.15, -0.1) is 0 Å². The molecule has 0 spiro atoms. The van der Waals surface area contributed by atoms with Crippen LogP contribution < -0.4 is 9.64 Å². The largest absolute Gasteiger partial charge is 0.492 e. The minimum absolute atomic E-state index is 0.00467. The van der Waals surface area contributed by atoms with Gasteiger partial charge in [-0.3, -0.25) is 4.90 Å². The molecule has 166 valence electrons. The number of anilines is 1. The summed E-state index contributed by atoms with van der Waals surface area (Å²) < 4.78 is 45.4. The normalized spacial score (nSPS) is 16.7. The average molecular weight is 425 g/mol. The van der Waals surface area contributed by atoms with Crippen LogP contribution in [-0.2, 0) is 12.8 Å². The molecule has 0 bridgehead atoms. The first-order chi connectivity index (χ1) is 14.4. The lowest BCUT2D eigenvalue weighted by atomic mass is 10.2. The van der Waals surface area contributed by atoms with Crippen LogP contribution in [0.15, 0.2) is 42.6 Å². The third kappa shape index (κ3) is 6.34. The first kappa shape index (κ1) is 24.0. The number of likely N-dealkylation sites (N-methyl/N-ethyl adjacent to an activating group) is 1. The van der Waals surface area contributed by atoms with Crippen LogP contribution in [0.3, 0.4) is 0 Å². The summed E-state index contributed by atoms with van der Waals surface area (Å²) in [7, 11) is 1.67. The molecule has 2 aromatic rings. The Morgan fingerprint density at radius 3 is 2.53 bits per heavy atom. The Kier molecular flexibility index (Phi) is 8.92. The summed E-state index contributed by atoms with van der Waals surface area (Å²) in [6.07, 6.45) is -2.26. The van der Waals surface area contributed by atoms with Gasteiger partial charge >= 0.3 is 6.18 Å². The van der Waals surface area contributed by atoms with Crippen molar-refractivity contribution in [3.05, 3.63) is 53.7 Å². The summed E-state index contributed by atoms with van der Waals surface area (Å²) in [6, 6.07) is 9.59. The quantitative estimate of drug-likeness (QED) is 0.720. The van der Waals surface area contributed by atoms with Crippen molar-refractivity contribution in [2.75, 3.05) is 38.2 Å². The second-order valence-corrected chi connectivity index (χ2v) is 6.88. The van der Waals surface area contributed by atoms with Gasteiger partial charge in [-0.1, -0.05) is 26.0 Å². The van der Waals surface area contributed by atoms with Gasteiger partial charge < -0.3 is 14.7 Å². The molecule has 1 aromatic heterocycles. The molecule has 0 radical (unpaired) electrons. The zero-order valence-corrected chi connectivity index (χ0v) is 17.7. The van der Waals surface area contributed by atoms with Crippen molar-refractivity contribution < 1.29 is 23.0 Å². The number of alkyl halides is 3. The van der Waals surface area contributed by atoms with E-state index >= 15 is 0 Å². The van der Waals surface area contributed by atoms with E-state index in [1.54, 1.807) is 24.1 Å². The summed E-state index contributed by atoms with van der Waals surface area (Å²) in [5.74, 6) is 0.704. The number of ether oxygens (including phenoxy) is 1. The Morgan fingerprint density at radius 1 is 1.20 bits per heavy atom. The van der Waals surface area contributed by atoms with Gasteiger partial charge in [0.15, 0.2) is 0 Å². The highest BCUT2D eigenvalue weighted by Gasteiger charge is 2.37. The van der Waals surface area contributed by atoms with Crippen molar-refractivity contribution in [2.45, 2.75) is 39.1 Å². The molecule has 1 aliphatic rings. The molecule has 0 saturated carbocycles. The van der Waals surface area contributed by atoms with Crippen LogP contribution >= 0.6 is 0 Å². The van der Waals surface area contributed by atoms with Crippen molar-refractivity contribution in [2.24, 2.45) is 0 Å². The van der Waals surface area contributed by atoms with E-state index in [4.69, 9.17) is 9.84 Å². The smallest absolute Gasteiger partial charge is 0.419 e. The maximum Gasteiger partial charge on any atom is 0.419 e. The van der Waals surface area contributed by atoms with Gasteiger partial charge in [0.25, 0.3) is 0 Å². The Morgan fingerprint density at radius 2 is 1.90 bits per heavy atom. The van der Waals surface area contributed by atoms with Gasteiger partial charge in [0.05, 0.1) is 12.2 Å². The predicted molar refractivity (Wildman–Crippen MR) is 112 cm³/mol. The third-order valence-corrected chi connectivity index (χ3v) is 5.00. The van der Waals surface area contributed by atoms with E-state index in [0.29, 0.717) is 19.7 Å². The number of aliphatic hydroxyl groups excluding tert-OH is 1. The SMILES string of the molecule is CC.CN(c1ncccc1C(F)(F)F)C1CCN(CCOc2ccc(CO)cc2)C1. The van der Waals surface area contributed by atoms with Gasteiger partial charge in [0.2, 0.25) is 0 Å². The molecular formula is C22H30F3N3O2. The number of aliphatic hydroxyl groups is 1. The number of halogens is 3. The number of aromatic nitrogens is 1. The molecule has 1 unspecified atom stereocenters. The van der Waals surface area contributed by atoms with E-state index in [1.165, 1.54) is 12.3 Å². The van der Waals surface area contributed by atoms with Gasteiger partial charge in [0.1, 0.15) is 18.2 Å². The topological polar surface area (TPSA) is 48.8 Å². The minimum atomic E-state index is -4.42. The van der Waals surface area contributed by atoms with Crippen LogP contribution in [0.2, 0.25) is 0 Å². The second kappa shape index (κ2) is 11.2. The van der Waals surface area contributed by atoms with Crippen LogP contribution in [0.4, 0.5) is 19.0 Å². The first-order valence-corrected chi connectivity index (χ1v) is 10.2. The molecule has 8 heteroatoms. The first-order valence-electron chi connectivity index (χ1n) is 10.2. The van der Waals surface area contributed by atoms with Crippen molar-refractivity contribution in [1.29, 1.82) is 0 Å². The van der Waals surface area contributed by atoms with E-state index < -0.39 is 11.7 Å². The Hall–Kier alpha value is -2.32. The molecule has 30 heavy (non-hydrogen) atoms. The fraction of sp³-hybridized carbons (Fsp3) is 0.500. The summed E-state index contributed by atoms with van der Waals surface area (Å²) >= 11 is 0. The number of hydrogen-bond acceptors (Lipinski definition) is 5. The predicted octanol–water partition coefficient (Wildman–Crippen LogP) is 4.21. The van der Waals surface area contributed by atoms with Gasteiger partial charge in [0, 0.05) is 38.9 Å². The molecule has 1 N–H and O–H groups in total. The maximum absolute atomic E-state index is 13.2. The van der Waals surface area contributed by atoms with Gasteiger partial charge in [-0.2, -0.15) is 13.2 Å². The number of likely N-dealkylation sites (tertiary alicyclic amines) is 1. The lowest BCUT2D eigenvalue weighted by Crippen LogP contribution is -2.37. The van der Waals surface area contributed by atoms with E-state index in [-0.39, 0.29) is 18.5 Å². The lowest BCUT2D eigenvalue weighted by Gasteiger charge is -2.28. The fourth-order valence-electron chi connectivity index (χ4n) is 3.39. The van der Waals surface area contributed by atoms with Crippen LogP contribution in [0.25, 0.3) is 0 Å². The van der Waals surface area contributed by atoms with Crippen molar-refractivity contribution >= 4 is 5.82 Å². The summed E-state index contributed by atoms with van der Waals surface area (Å²) in [4.78, 5) is 7.79. The van der Waals surface area contributed by atoms with E-state index in [0.717, 1.165) is 30.3 Å². The third-order valence-electron chi connectivity index (χ3n) is 5.00. The molecule has 1 saturated heterocycles. The molecule has 1 aromatic carbocycles. The zero-order chi connectivity index (χ0) is 22.1. The minimum Gasteiger partial charge on any atom is -0.492 e. The molecule has 1 fully saturated rings. The number of nitrogens with zero attached hydrogens (tertiary/aromatic N) is 3. The highest BCUT2D eigenvalue weighted by molar-refractivity contribution is 5.48. The lowest BCUT2D eigenvalue weighted by molar-refractivity contribution is -0.137. The molecule has 3 rings (SSSR count). The van der Waals surface area contributed by atoms with Crippen molar-refractivity contribution in [1.82, 2.24) is 9.88 Å². The number of rotatable bonds is 7. The molecule has 2 heterocycles. The standard InChI is InChI=1S/C20H24F3N3O2.C2H6/c1-25(19-18(20(21,22)23)3-2-9-24-19)16-8-10-26(13-16)11-12-28-17-6-4-15(14-27)5-7-17;1-2/h2-7,9,16,27H,8,10-14H2,1H3;1-2H3. The maximum atomic E-state index is 13.2. The van der Waals surface area contributed by atoms with Crippen molar-refractivity contribution in [3.63, 3.8) is 0 Å². The number of pyridine rings is 1. The van der Waals surface area contributed by atoms with Crippen molar-refractivity contribution in [3.8, 4) is 5.75 Å². The molecule has 1 aliphatic heterocycles. The molecular weight excluding hydrogens is 395 g/mol. The highest BCUT2D eigenvalue weighted by Crippen LogP contribution is 2.36. The number of hydrogen-bond donors (Lipinski definition) is 1. The summed E-state index contributed by atoms with van der Waals surface area (Å²) in [5, 5.41) is 9.04. The Labute approximate surface area is 176 Å². The second-order valence-electron chi connectivity index (χ2n) is 6.88. The van der Waals surface area contributed by atoms with Gasteiger partial charge in [-0.25, -0.2) is 4.98 Å². The average Bonchev–Trinajstić information content (AvgIpc) is 3.23. The zero-order valence-electron chi connectivity index (χ0n) is 17.7. The molecule has 1 atom stereocenters. The summed E-state index contributed by atoms with van der Waals surface area (Å²) in [5.41, 5.74) is 0.121. The summed E-state index contributed by atoms with van der Waals surface area (Å²) in [6.45, 7) is 6.65. The van der Waals surface area contributed by atoms with Crippen LogP contribution in [0.5, 0.6) is 5.75 Å². The molecule has 0 aliphatic carbocycles. The Bertz CT molecular complexity index is 769. The van der Waals surface area contributed by atoms with E-state index in [2.05, 4.69) is 9.88 Å². The fourth-order valence-corrected chi connectivity index (χ4v) is 3.39. The Balaban J connectivity index is 0.00000155. The van der Waals surface area contributed by atoms with Gasteiger partial charge in [-0.05, 0) is 36.2 Å². The highest BCUT2D eigenvalue weighted by atomic mass is 19.4. The van der Waals surface area contributed by atoms with E-state index in [1.807, 2.05) is 26.0 Å². The monoisotopic (exact) mass is 425 g/mol. The van der Waals surface area contributed by atoms with Crippen LogP contribution in [-0.4, -0.2) is 54.3 Å². The van der Waals surface area contributed by atoms with Crippen LogP contribution in [0, 0.1) is 0 Å². The molecule has 5 nitrogen and oxygen atoms in total. The van der Waals surface area contributed by atoms with Crippen LogP contribution in [0.1, 0.15) is 31.4 Å². The number of benzene rings is 1.